The van der Waals surface area contributed by atoms with Crippen molar-refractivity contribution in [3.8, 4) is 5.75 Å². The molecule has 0 fully saturated rings. The monoisotopic (exact) mass is 440 g/mol. The number of methoxy groups -OCH3 is 1. The lowest BCUT2D eigenvalue weighted by Crippen LogP contribution is -2.33. The van der Waals surface area contributed by atoms with Crippen molar-refractivity contribution in [3.05, 3.63) is 65.2 Å². The number of rotatable bonds is 8. The Bertz CT molecular complexity index is 924. The number of amides is 1. The highest BCUT2D eigenvalue weighted by atomic mass is 16.6. The van der Waals surface area contributed by atoms with Crippen molar-refractivity contribution < 1.29 is 23.8 Å². The van der Waals surface area contributed by atoms with Crippen LogP contribution in [0.5, 0.6) is 5.75 Å². The molecule has 172 valence electrons. The summed E-state index contributed by atoms with van der Waals surface area (Å²) in [5.74, 6) is 0.527. The molecule has 0 bridgehead atoms. The zero-order valence-electron chi connectivity index (χ0n) is 19.2. The minimum atomic E-state index is -0.515. The lowest BCUT2D eigenvalue weighted by atomic mass is 10.1. The van der Waals surface area contributed by atoms with Gasteiger partial charge in [0.15, 0.2) is 0 Å². The van der Waals surface area contributed by atoms with Crippen LogP contribution in [-0.4, -0.2) is 42.8 Å². The van der Waals surface area contributed by atoms with Gasteiger partial charge < -0.3 is 19.5 Å². The standard InChI is InChI=1S/C25H32N2O5/c1-25(2,3)32-24(29)26-14-9-15-31-21-13-8-12-19-16-27(17-20(19)21)22(23(28)30-4)18-10-6-5-7-11-18/h5-8,10-13,22H,9,14-17H2,1-4H3,(H,26,29)/t22-/m0/s1. The van der Waals surface area contributed by atoms with Gasteiger partial charge in [-0.1, -0.05) is 42.5 Å². The van der Waals surface area contributed by atoms with Crippen LogP contribution in [0.15, 0.2) is 48.5 Å². The first-order valence-electron chi connectivity index (χ1n) is 10.9. The Kier molecular flexibility index (Phi) is 7.75. The molecule has 0 radical (unpaired) electrons. The average Bonchev–Trinajstić information content (AvgIpc) is 3.17. The molecular formula is C25H32N2O5. The molecule has 0 unspecified atom stereocenters. The first-order valence-corrected chi connectivity index (χ1v) is 10.9. The molecule has 3 rings (SSSR count). The van der Waals surface area contributed by atoms with Gasteiger partial charge in [0.2, 0.25) is 0 Å². The number of carbonyl (C=O) groups excluding carboxylic acids is 2. The fraction of sp³-hybridized carbons (Fsp3) is 0.440. The summed E-state index contributed by atoms with van der Waals surface area (Å²) in [6.45, 7) is 7.66. The molecule has 2 aromatic carbocycles. The maximum atomic E-state index is 12.6. The number of nitrogens with one attached hydrogen (secondary N) is 1. The molecule has 1 amide bonds. The van der Waals surface area contributed by atoms with Crippen LogP contribution < -0.4 is 10.1 Å². The summed E-state index contributed by atoms with van der Waals surface area (Å²) in [6.07, 6.45) is 0.227. The fourth-order valence-corrected chi connectivity index (χ4v) is 3.74. The quantitative estimate of drug-likeness (QED) is 0.489. The van der Waals surface area contributed by atoms with Crippen molar-refractivity contribution in [1.29, 1.82) is 0 Å². The predicted molar refractivity (Wildman–Crippen MR) is 121 cm³/mol. The summed E-state index contributed by atoms with van der Waals surface area (Å²) >= 11 is 0. The van der Waals surface area contributed by atoms with Gasteiger partial charge in [0.05, 0.1) is 13.7 Å². The summed E-state index contributed by atoms with van der Waals surface area (Å²) in [4.78, 5) is 26.4. The highest BCUT2D eigenvalue weighted by Crippen LogP contribution is 2.36. The highest BCUT2D eigenvalue weighted by molar-refractivity contribution is 5.77. The van der Waals surface area contributed by atoms with Gasteiger partial charge in [0.25, 0.3) is 0 Å². The Balaban J connectivity index is 1.58. The Morgan fingerprint density at radius 1 is 1.06 bits per heavy atom. The van der Waals surface area contributed by atoms with E-state index in [9.17, 15) is 9.59 Å². The maximum absolute atomic E-state index is 12.6. The van der Waals surface area contributed by atoms with E-state index in [1.165, 1.54) is 7.11 Å². The second-order valence-corrected chi connectivity index (χ2v) is 8.77. The Labute approximate surface area is 189 Å². The molecule has 0 saturated heterocycles. The first kappa shape index (κ1) is 23.6. The van der Waals surface area contributed by atoms with Gasteiger partial charge in [-0.3, -0.25) is 4.90 Å². The fourth-order valence-electron chi connectivity index (χ4n) is 3.74. The van der Waals surface area contributed by atoms with E-state index in [1.54, 1.807) is 0 Å². The van der Waals surface area contributed by atoms with E-state index < -0.39 is 17.7 Å². The van der Waals surface area contributed by atoms with Crippen LogP contribution in [0.3, 0.4) is 0 Å². The summed E-state index contributed by atoms with van der Waals surface area (Å²) < 4.78 is 16.3. The molecule has 1 aliphatic heterocycles. The molecule has 2 aromatic rings. The predicted octanol–water partition coefficient (Wildman–Crippen LogP) is 4.21. The number of hydrogen-bond donors (Lipinski definition) is 1. The number of esters is 1. The topological polar surface area (TPSA) is 77.1 Å². The van der Waals surface area contributed by atoms with Crippen LogP contribution in [0.1, 0.15) is 49.9 Å². The third-order valence-corrected chi connectivity index (χ3v) is 5.12. The lowest BCUT2D eigenvalue weighted by Gasteiger charge is -2.25. The smallest absolute Gasteiger partial charge is 0.407 e. The van der Waals surface area contributed by atoms with Crippen LogP contribution in [0.2, 0.25) is 0 Å². The largest absolute Gasteiger partial charge is 0.493 e. The van der Waals surface area contributed by atoms with Gasteiger partial charge in [-0.05, 0) is 44.4 Å². The first-order chi connectivity index (χ1) is 15.3. The second kappa shape index (κ2) is 10.5. The van der Waals surface area contributed by atoms with E-state index >= 15 is 0 Å². The Hall–Kier alpha value is -3.06. The van der Waals surface area contributed by atoms with Gasteiger partial charge in [-0.2, -0.15) is 0 Å². The third-order valence-electron chi connectivity index (χ3n) is 5.12. The van der Waals surface area contributed by atoms with E-state index in [4.69, 9.17) is 14.2 Å². The van der Waals surface area contributed by atoms with E-state index in [2.05, 4.69) is 16.3 Å². The zero-order valence-corrected chi connectivity index (χ0v) is 19.2. The van der Waals surface area contributed by atoms with Crippen LogP contribution in [0.25, 0.3) is 0 Å². The van der Waals surface area contributed by atoms with Gasteiger partial charge in [-0.15, -0.1) is 0 Å². The molecule has 0 saturated carbocycles. The molecule has 32 heavy (non-hydrogen) atoms. The highest BCUT2D eigenvalue weighted by Gasteiger charge is 2.34. The molecule has 7 heteroatoms. The minimum absolute atomic E-state index is 0.278. The van der Waals surface area contributed by atoms with Crippen LogP contribution in [-0.2, 0) is 27.4 Å². The number of nitrogens with zero attached hydrogens (tertiary/aromatic N) is 1. The van der Waals surface area contributed by atoms with Gasteiger partial charge in [-0.25, -0.2) is 9.59 Å². The van der Waals surface area contributed by atoms with Crippen LogP contribution in [0, 0.1) is 0 Å². The van der Waals surface area contributed by atoms with Crippen molar-refractivity contribution in [2.75, 3.05) is 20.3 Å². The van der Waals surface area contributed by atoms with Crippen molar-refractivity contribution in [1.82, 2.24) is 10.2 Å². The molecule has 1 N–H and O–H groups in total. The molecule has 1 heterocycles. The number of carbonyl (C=O) groups is 2. The maximum Gasteiger partial charge on any atom is 0.407 e. The van der Waals surface area contributed by atoms with Crippen LogP contribution in [0.4, 0.5) is 4.79 Å². The normalized spacial score (nSPS) is 14.4. The van der Waals surface area contributed by atoms with E-state index in [1.807, 2.05) is 63.2 Å². The summed E-state index contributed by atoms with van der Waals surface area (Å²) in [6, 6.07) is 15.2. The SMILES string of the molecule is COC(=O)[C@H](c1ccccc1)N1Cc2cccc(OCCCNC(=O)OC(C)(C)C)c2C1. The van der Waals surface area contributed by atoms with E-state index in [0.29, 0.717) is 32.7 Å². The lowest BCUT2D eigenvalue weighted by molar-refractivity contribution is -0.147. The number of hydrogen-bond acceptors (Lipinski definition) is 6. The number of benzene rings is 2. The van der Waals surface area contributed by atoms with Gasteiger partial charge in [0.1, 0.15) is 17.4 Å². The summed E-state index contributed by atoms with van der Waals surface area (Å²) in [5, 5.41) is 2.74. The Morgan fingerprint density at radius 2 is 1.81 bits per heavy atom. The zero-order chi connectivity index (χ0) is 23.1. The summed E-state index contributed by atoms with van der Waals surface area (Å²) in [7, 11) is 1.42. The van der Waals surface area contributed by atoms with E-state index in [0.717, 1.165) is 22.4 Å². The number of ether oxygens (including phenoxy) is 3. The van der Waals surface area contributed by atoms with Crippen LogP contribution >= 0.6 is 0 Å². The molecule has 0 aromatic heterocycles. The third kappa shape index (κ3) is 6.23. The number of alkyl carbamates (subject to hydrolysis) is 1. The molecule has 1 aliphatic rings. The molecule has 7 nitrogen and oxygen atoms in total. The average molecular weight is 441 g/mol. The molecule has 0 aliphatic carbocycles. The van der Waals surface area contributed by atoms with Crippen molar-refractivity contribution in [2.24, 2.45) is 0 Å². The molecule has 1 atom stereocenters. The number of fused-ring (bicyclic) bond motifs is 1. The molecule has 0 spiro atoms. The second-order valence-electron chi connectivity index (χ2n) is 8.77. The summed E-state index contributed by atoms with van der Waals surface area (Å²) in [5.41, 5.74) is 2.61. The van der Waals surface area contributed by atoms with Gasteiger partial charge >= 0.3 is 12.1 Å². The van der Waals surface area contributed by atoms with Crippen molar-refractivity contribution in [2.45, 2.75) is 51.9 Å². The molecular weight excluding hydrogens is 408 g/mol. The van der Waals surface area contributed by atoms with Crippen molar-refractivity contribution >= 4 is 12.1 Å². The van der Waals surface area contributed by atoms with E-state index in [-0.39, 0.29) is 5.97 Å². The minimum Gasteiger partial charge on any atom is -0.493 e. The van der Waals surface area contributed by atoms with Crippen molar-refractivity contribution in [3.63, 3.8) is 0 Å². The Morgan fingerprint density at radius 3 is 2.50 bits per heavy atom. The van der Waals surface area contributed by atoms with Gasteiger partial charge in [0, 0.05) is 25.2 Å².